The van der Waals surface area contributed by atoms with Gasteiger partial charge < -0.3 is 15.4 Å². The van der Waals surface area contributed by atoms with Crippen LogP contribution in [0.3, 0.4) is 0 Å². The van der Waals surface area contributed by atoms with Gasteiger partial charge in [0.05, 0.1) is 17.8 Å². The van der Waals surface area contributed by atoms with E-state index >= 15 is 0 Å². The lowest BCUT2D eigenvalue weighted by Crippen LogP contribution is -2.58. The summed E-state index contributed by atoms with van der Waals surface area (Å²) >= 11 is 6.07. The highest BCUT2D eigenvalue weighted by atomic mass is 35.5. The van der Waals surface area contributed by atoms with E-state index in [0.29, 0.717) is 29.2 Å². The zero-order valence-electron chi connectivity index (χ0n) is 19.9. The first-order chi connectivity index (χ1) is 17.2. The molecule has 0 aliphatic carbocycles. The van der Waals surface area contributed by atoms with Crippen molar-refractivity contribution in [1.29, 1.82) is 0 Å². The summed E-state index contributed by atoms with van der Waals surface area (Å²) in [6.45, 7) is 1.95. The molecule has 2 N–H and O–H groups in total. The number of ether oxygens (including phenoxy) is 1. The lowest BCUT2D eigenvalue weighted by Gasteiger charge is -2.32. The summed E-state index contributed by atoms with van der Waals surface area (Å²) in [4.78, 5) is 25.0. The molecule has 3 amide bonds. The lowest BCUT2D eigenvalue weighted by atomic mass is 10.1. The van der Waals surface area contributed by atoms with Crippen molar-refractivity contribution < 1.29 is 26.6 Å². The third kappa shape index (κ3) is 4.69. The van der Waals surface area contributed by atoms with Gasteiger partial charge in [-0.2, -0.15) is 13.2 Å². The Morgan fingerprint density at radius 3 is 2.11 bits per heavy atom. The van der Waals surface area contributed by atoms with Gasteiger partial charge >= 0.3 is 22.1 Å². The number of hydrogen-bond acceptors (Lipinski definition) is 5. The van der Waals surface area contributed by atoms with Gasteiger partial charge in [0.25, 0.3) is 0 Å². The number of nitrogens with one attached hydrogen (secondary N) is 2. The fourth-order valence-electron chi connectivity index (χ4n) is 4.53. The molecular formula is C26H27ClN3O5S+. The fourth-order valence-corrected chi connectivity index (χ4v) is 6.79. The molecule has 10 heteroatoms. The number of nitrogens with zero attached hydrogens (tertiary/aromatic N) is 1. The summed E-state index contributed by atoms with van der Waals surface area (Å²) in [5.74, 6) is 0. The minimum absolute atomic E-state index is 0.0694. The molecule has 1 aliphatic heterocycles. The maximum Gasteiger partial charge on any atom is 0.531 e. The number of quaternary nitrogens is 1. The van der Waals surface area contributed by atoms with E-state index in [1.54, 1.807) is 55.5 Å². The second-order valence-corrected chi connectivity index (χ2v) is 11.1. The minimum Gasteiger partial charge on any atom is -0.423 e. The molecule has 0 saturated carbocycles. The minimum atomic E-state index is -4.01. The average Bonchev–Trinajstić information content (AvgIpc) is 3.28. The van der Waals surface area contributed by atoms with Gasteiger partial charge in [-0.15, -0.1) is 3.89 Å². The Balaban J connectivity index is 1.49. The van der Waals surface area contributed by atoms with Crippen LogP contribution in [0.25, 0.3) is 11.1 Å². The zero-order valence-corrected chi connectivity index (χ0v) is 21.5. The van der Waals surface area contributed by atoms with Crippen LogP contribution in [0.1, 0.15) is 19.8 Å². The quantitative estimate of drug-likeness (QED) is 0.389. The SMILES string of the molecule is COC(=O)[N+]1(S(=O)(=O)c2ccc(-c3ccc(NC(=O)Nc4ccccc4Cl)cc3)cc2)CCC[C@H]1C. The van der Waals surface area contributed by atoms with Crippen LogP contribution < -0.4 is 10.6 Å². The number of rotatable bonds is 5. The number of methoxy groups -OCH3 is 1. The standard InChI is InChI=1S/C26H26ClN3O5S/c1-18-6-5-17-30(18,26(32)35-2)36(33,34)22-15-11-20(12-16-22)19-9-13-21(14-10-19)28-25(31)29-24-8-4-3-7-23(24)27/h3-4,7-16,18H,5-6,17H2,1-2H3,(H-,28,29,31)/p+1/t18-,30?/m1/s1. The van der Waals surface area contributed by atoms with Gasteiger partial charge in [0, 0.05) is 18.5 Å². The average molecular weight is 529 g/mol. The van der Waals surface area contributed by atoms with Crippen molar-refractivity contribution in [2.45, 2.75) is 30.7 Å². The summed E-state index contributed by atoms with van der Waals surface area (Å²) < 4.78 is 31.2. The number of carbonyl (C=O) groups is 2. The molecule has 3 aromatic carbocycles. The highest BCUT2D eigenvalue weighted by molar-refractivity contribution is 7.86. The highest BCUT2D eigenvalue weighted by Gasteiger charge is 2.58. The molecule has 1 saturated heterocycles. The van der Waals surface area contributed by atoms with E-state index in [-0.39, 0.29) is 11.4 Å². The lowest BCUT2D eigenvalue weighted by molar-refractivity contribution is -0.742. The number of sulfonamides is 1. The van der Waals surface area contributed by atoms with E-state index in [4.69, 9.17) is 16.3 Å². The largest absolute Gasteiger partial charge is 0.531 e. The van der Waals surface area contributed by atoms with Crippen molar-refractivity contribution in [3.05, 3.63) is 77.8 Å². The third-order valence-corrected chi connectivity index (χ3v) is 9.23. The summed E-state index contributed by atoms with van der Waals surface area (Å²) in [7, 11) is -2.80. The van der Waals surface area contributed by atoms with Crippen LogP contribution in [0.15, 0.2) is 77.7 Å². The van der Waals surface area contributed by atoms with E-state index in [1.807, 2.05) is 12.1 Å². The van der Waals surface area contributed by atoms with Gasteiger partial charge in [-0.25, -0.2) is 4.79 Å². The number of para-hydroxylation sites is 1. The number of amides is 3. The molecule has 0 spiro atoms. The van der Waals surface area contributed by atoms with E-state index in [0.717, 1.165) is 11.1 Å². The first-order valence-corrected chi connectivity index (χ1v) is 13.3. The van der Waals surface area contributed by atoms with E-state index in [9.17, 15) is 18.0 Å². The van der Waals surface area contributed by atoms with Crippen LogP contribution in [0, 0.1) is 0 Å². The van der Waals surface area contributed by atoms with E-state index < -0.39 is 32.1 Å². The third-order valence-electron chi connectivity index (χ3n) is 6.49. The van der Waals surface area contributed by atoms with Crippen molar-refractivity contribution in [2.75, 3.05) is 24.3 Å². The predicted octanol–water partition coefficient (Wildman–Crippen LogP) is 6.11. The molecule has 0 bridgehead atoms. The van der Waals surface area contributed by atoms with Crippen LogP contribution >= 0.6 is 11.6 Å². The molecule has 2 atom stereocenters. The van der Waals surface area contributed by atoms with Crippen LogP contribution in [0.4, 0.5) is 21.0 Å². The summed E-state index contributed by atoms with van der Waals surface area (Å²) in [6, 6.07) is 19.7. The van der Waals surface area contributed by atoms with Crippen LogP contribution in [0.5, 0.6) is 0 Å². The maximum atomic E-state index is 13.5. The Morgan fingerprint density at radius 1 is 0.944 bits per heavy atom. The van der Waals surface area contributed by atoms with Crippen molar-refractivity contribution in [1.82, 2.24) is 0 Å². The first kappa shape index (κ1) is 25.7. The van der Waals surface area contributed by atoms with Crippen molar-refractivity contribution in [3.63, 3.8) is 0 Å². The molecule has 8 nitrogen and oxygen atoms in total. The molecule has 1 heterocycles. The second kappa shape index (κ2) is 10.3. The fraction of sp³-hybridized carbons (Fsp3) is 0.231. The highest BCUT2D eigenvalue weighted by Crippen LogP contribution is 2.37. The number of likely N-dealkylation sites (tertiary alicyclic amines) is 1. The first-order valence-electron chi connectivity index (χ1n) is 11.4. The van der Waals surface area contributed by atoms with Crippen molar-refractivity contribution >= 4 is 45.1 Å². The smallest absolute Gasteiger partial charge is 0.423 e. The molecular weight excluding hydrogens is 502 g/mol. The van der Waals surface area contributed by atoms with Crippen LogP contribution in [-0.2, 0) is 14.8 Å². The second-order valence-electron chi connectivity index (χ2n) is 8.62. The van der Waals surface area contributed by atoms with E-state index in [2.05, 4.69) is 10.6 Å². The molecule has 3 aromatic rings. The predicted molar refractivity (Wildman–Crippen MR) is 139 cm³/mol. The number of halogens is 1. The Kier molecular flexibility index (Phi) is 7.35. The Labute approximate surface area is 215 Å². The molecule has 4 rings (SSSR count). The van der Waals surface area contributed by atoms with Crippen LogP contribution in [-0.4, -0.2) is 44.1 Å². The summed E-state index contributed by atoms with van der Waals surface area (Å²) in [5.41, 5.74) is 2.71. The number of anilines is 2. The number of benzene rings is 3. The molecule has 1 fully saturated rings. The molecule has 0 aromatic heterocycles. The number of urea groups is 1. The van der Waals surface area contributed by atoms with Gasteiger partial charge in [0.2, 0.25) is 0 Å². The maximum absolute atomic E-state index is 13.5. The van der Waals surface area contributed by atoms with Crippen molar-refractivity contribution in [2.24, 2.45) is 0 Å². The molecule has 36 heavy (non-hydrogen) atoms. The topological polar surface area (TPSA) is 102 Å². The summed E-state index contributed by atoms with van der Waals surface area (Å²) in [5, 5.41) is 5.88. The zero-order chi connectivity index (χ0) is 25.9. The number of carbonyl (C=O) groups excluding carboxylic acids is 2. The monoisotopic (exact) mass is 528 g/mol. The van der Waals surface area contributed by atoms with Crippen LogP contribution in [0.2, 0.25) is 5.02 Å². The van der Waals surface area contributed by atoms with Gasteiger partial charge in [-0.1, -0.05) is 48.0 Å². The molecule has 1 aliphatic rings. The Hall–Kier alpha value is -3.40. The van der Waals surface area contributed by atoms with E-state index in [1.165, 1.54) is 19.2 Å². The van der Waals surface area contributed by atoms with Crippen molar-refractivity contribution in [3.8, 4) is 11.1 Å². The van der Waals surface area contributed by atoms with Gasteiger partial charge in [0.15, 0.2) is 0 Å². The van der Waals surface area contributed by atoms with Gasteiger partial charge in [-0.3, -0.25) is 0 Å². The molecule has 0 radical (unpaired) electrons. The normalized spacial score (nSPS) is 19.5. The summed E-state index contributed by atoms with van der Waals surface area (Å²) in [6.07, 6.45) is 0.499. The van der Waals surface area contributed by atoms with Gasteiger partial charge in [-0.05, 0) is 54.4 Å². The Morgan fingerprint density at radius 2 is 1.56 bits per heavy atom. The number of hydrogen-bond donors (Lipinski definition) is 2. The Bertz CT molecular complexity index is 1380. The molecule has 1 unspecified atom stereocenters. The van der Waals surface area contributed by atoms with Gasteiger partial charge in [0.1, 0.15) is 17.5 Å². The molecule has 188 valence electrons.